The van der Waals surface area contributed by atoms with Gasteiger partial charge in [-0.25, -0.2) is 0 Å². The van der Waals surface area contributed by atoms with Gasteiger partial charge in [0, 0.05) is 32.3 Å². The Morgan fingerprint density at radius 1 is 1.59 bits per heavy atom. The molecule has 0 aromatic rings. The van der Waals surface area contributed by atoms with Gasteiger partial charge in [-0.05, 0) is 20.3 Å². The molecule has 4 nitrogen and oxygen atoms in total. The Balaban J connectivity index is 0.00000256. The van der Waals surface area contributed by atoms with Crippen molar-refractivity contribution in [1.82, 2.24) is 10.2 Å². The third-order valence-electron chi connectivity index (χ3n) is 3.00. The van der Waals surface area contributed by atoms with E-state index in [1.54, 1.807) is 0 Å². The van der Waals surface area contributed by atoms with Gasteiger partial charge in [-0.15, -0.1) is 12.4 Å². The number of carbonyl (C=O) groups excluding carboxylic acids is 1. The normalized spacial score (nSPS) is 21.8. The van der Waals surface area contributed by atoms with Crippen LogP contribution in [0.5, 0.6) is 0 Å². The molecule has 1 aliphatic heterocycles. The van der Waals surface area contributed by atoms with Gasteiger partial charge in [0.1, 0.15) is 6.10 Å². The van der Waals surface area contributed by atoms with Crippen LogP contribution in [0, 0.1) is 0 Å². The van der Waals surface area contributed by atoms with Crippen LogP contribution in [0.25, 0.3) is 0 Å². The number of unbranched alkanes of at least 4 members (excludes halogenated alkanes) is 1. The minimum Gasteiger partial charge on any atom is -0.369 e. The third kappa shape index (κ3) is 5.23. The molecule has 1 heterocycles. The zero-order valence-electron chi connectivity index (χ0n) is 11.1. The molecule has 17 heavy (non-hydrogen) atoms. The first-order chi connectivity index (χ1) is 7.66. The van der Waals surface area contributed by atoms with E-state index < -0.39 is 0 Å². The highest BCUT2D eigenvalue weighted by Crippen LogP contribution is 2.07. The summed E-state index contributed by atoms with van der Waals surface area (Å²) in [6.45, 7) is 9.29. The van der Waals surface area contributed by atoms with Gasteiger partial charge in [-0.3, -0.25) is 4.79 Å². The standard InChI is InChI=1S/C12H24N2O2.ClH/c1-4-5-8-16-11(3)12(15)14-7-6-13-9-10(14)2;/h10-11,13H,4-9H2,1-3H3;1H. The summed E-state index contributed by atoms with van der Waals surface area (Å²) in [7, 11) is 0. The molecule has 0 aromatic heterocycles. The molecule has 1 N–H and O–H groups in total. The quantitative estimate of drug-likeness (QED) is 0.764. The number of nitrogens with one attached hydrogen (secondary N) is 1. The Hall–Kier alpha value is -0.320. The highest BCUT2D eigenvalue weighted by molar-refractivity contribution is 5.85. The summed E-state index contributed by atoms with van der Waals surface area (Å²) in [5.41, 5.74) is 0. The van der Waals surface area contributed by atoms with E-state index in [9.17, 15) is 4.79 Å². The topological polar surface area (TPSA) is 41.6 Å². The molecule has 0 aromatic carbocycles. The summed E-state index contributed by atoms with van der Waals surface area (Å²) in [5, 5.41) is 3.28. The van der Waals surface area contributed by atoms with Crippen molar-refractivity contribution in [3.8, 4) is 0 Å². The van der Waals surface area contributed by atoms with Crippen molar-refractivity contribution in [3.05, 3.63) is 0 Å². The lowest BCUT2D eigenvalue weighted by atomic mass is 10.2. The molecule has 102 valence electrons. The number of amides is 1. The first kappa shape index (κ1) is 16.7. The fraction of sp³-hybridized carbons (Fsp3) is 0.917. The lowest BCUT2D eigenvalue weighted by molar-refractivity contribution is -0.145. The molecule has 1 fully saturated rings. The van der Waals surface area contributed by atoms with Crippen LogP contribution in [-0.4, -0.2) is 49.2 Å². The average Bonchev–Trinajstić information content (AvgIpc) is 2.29. The van der Waals surface area contributed by atoms with E-state index in [1.807, 2.05) is 11.8 Å². The van der Waals surface area contributed by atoms with Gasteiger partial charge in [0.2, 0.25) is 0 Å². The summed E-state index contributed by atoms with van der Waals surface area (Å²) in [6.07, 6.45) is 1.83. The van der Waals surface area contributed by atoms with Crippen molar-refractivity contribution in [3.63, 3.8) is 0 Å². The van der Waals surface area contributed by atoms with Crippen LogP contribution in [-0.2, 0) is 9.53 Å². The van der Waals surface area contributed by atoms with E-state index in [2.05, 4.69) is 19.2 Å². The Morgan fingerprint density at radius 2 is 2.29 bits per heavy atom. The molecule has 0 saturated carbocycles. The summed E-state index contributed by atoms with van der Waals surface area (Å²) in [6, 6.07) is 0.276. The van der Waals surface area contributed by atoms with Crippen molar-refractivity contribution in [2.45, 2.75) is 45.8 Å². The minimum atomic E-state index is -0.299. The smallest absolute Gasteiger partial charge is 0.251 e. The lowest BCUT2D eigenvalue weighted by Crippen LogP contribution is -2.54. The molecular weight excluding hydrogens is 240 g/mol. The lowest BCUT2D eigenvalue weighted by Gasteiger charge is -2.35. The predicted molar refractivity (Wildman–Crippen MR) is 71.6 cm³/mol. The van der Waals surface area contributed by atoms with Crippen molar-refractivity contribution >= 4 is 18.3 Å². The van der Waals surface area contributed by atoms with E-state index in [1.165, 1.54) is 0 Å². The predicted octanol–water partition coefficient (Wildman–Crippen LogP) is 1.43. The molecular formula is C12H25ClN2O2. The zero-order chi connectivity index (χ0) is 12.0. The summed E-state index contributed by atoms with van der Waals surface area (Å²) in [4.78, 5) is 14.0. The van der Waals surface area contributed by atoms with Crippen LogP contribution < -0.4 is 5.32 Å². The largest absolute Gasteiger partial charge is 0.369 e. The Morgan fingerprint density at radius 3 is 2.88 bits per heavy atom. The highest BCUT2D eigenvalue weighted by Gasteiger charge is 2.26. The Bertz CT molecular complexity index is 227. The van der Waals surface area contributed by atoms with E-state index in [0.717, 1.165) is 32.5 Å². The molecule has 0 spiro atoms. The maximum absolute atomic E-state index is 12.1. The average molecular weight is 265 g/mol. The van der Waals surface area contributed by atoms with Gasteiger partial charge < -0.3 is 15.0 Å². The molecule has 0 aliphatic carbocycles. The van der Waals surface area contributed by atoms with Gasteiger partial charge in [-0.2, -0.15) is 0 Å². The number of piperazine rings is 1. The summed E-state index contributed by atoms with van der Waals surface area (Å²) >= 11 is 0. The van der Waals surface area contributed by atoms with E-state index in [0.29, 0.717) is 6.61 Å². The zero-order valence-corrected chi connectivity index (χ0v) is 11.9. The molecule has 0 radical (unpaired) electrons. The van der Waals surface area contributed by atoms with Crippen LogP contribution in [0.15, 0.2) is 0 Å². The summed E-state index contributed by atoms with van der Waals surface area (Å²) in [5.74, 6) is 0.130. The number of nitrogens with zero attached hydrogens (tertiary/aromatic N) is 1. The molecule has 0 bridgehead atoms. The number of hydrogen-bond donors (Lipinski definition) is 1. The van der Waals surface area contributed by atoms with Gasteiger partial charge in [0.05, 0.1) is 0 Å². The minimum absolute atomic E-state index is 0. The van der Waals surface area contributed by atoms with Crippen molar-refractivity contribution in [1.29, 1.82) is 0 Å². The third-order valence-corrected chi connectivity index (χ3v) is 3.00. The Kier molecular flexibility index (Phi) is 8.56. The number of carbonyl (C=O) groups is 1. The molecule has 5 heteroatoms. The van der Waals surface area contributed by atoms with Crippen molar-refractivity contribution < 1.29 is 9.53 Å². The summed E-state index contributed by atoms with van der Waals surface area (Å²) < 4.78 is 5.53. The monoisotopic (exact) mass is 264 g/mol. The molecule has 1 saturated heterocycles. The molecule has 1 amide bonds. The number of halogens is 1. The van der Waals surface area contributed by atoms with Gasteiger partial charge in [-0.1, -0.05) is 13.3 Å². The number of hydrogen-bond acceptors (Lipinski definition) is 3. The van der Waals surface area contributed by atoms with Crippen LogP contribution in [0.3, 0.4) is 0 Å². The van der Waals surface area contributed by atoms with E-state index in [-0.39, 0.29) is 30.5 Å². The molecule has 1 aliphatic rings. The van der Waals surface area contributed by atoms with Gasteiger partial charge >= 0.3 is 0 Å². The maximum atomic E-state index is 12.1. The fourth-order valence-corrected chi connectivity index (χ4v) is 1.88. The second-order valence-electron chi connectivity index (χ2n) is 4.45. The van der Waals surface area contributed by atoms with E-state index >= 15 is 0 Å². The van der Waals surface area contributed by atoms with Gasteiger partial charge in [0.25, 0.3) is 5.91 Å². The van der Waals surface area contributed by atoms with Crippen LogP contribution >= 0.6 is 12.4 Å². The first-order valence-electron chi connectivity index (χ1n) is 6.29. The molecule has 2 unspecified atom stereocenters. The second-order valence-corrected chi connectivity index (χ2v) is 4.45. The SMILES string of the molecule is CCCCOC(C)C(=O)N1CCNCC1C.Cl. The number of ether oxygens (including phenoxy) is 1. The second kappa shape index (κ2) is 8.72. The highest BCUT2D eigenvalue weighted by atomic mass is 35.5. The molecule has 2 atom stereocenters. The van der Waals surface area contributed by atoms with Crippen LogP contribution in [0.4, 0.5) is 0 Å². The Labute approximate surface area is 110 Å². The first-order valence-corrected chi connectivity index (χ1v) is 6.29. The number of rotatable bonds is 5. The van der Waals surface area contributed by atoms with Crippen molar-refractivity contribution in [2.75, 3.05) is 26.2 Å². The van der Waals surface area contributed by atoms with Crippen LogP contribution in [0.1, 0.15) is 33.6 Å². The van der Waals surface area contributed by atoms with Gasteiger partial charge in [0.15, 0.2) is 0 Å². The van der Waals surface area contributed by atoms with Crippen molar-refractivity contribution in [2.24, 2.45) is 0 Å². The van der Waals surface area contributed by atoms with Crippen LogP contribution in [0.2, 0.25) is 0 Å². The van der Waals surface area contributed by atoms with E-state index in [4.69, 9.17) is 4.74 Å². The maximum Gasteiger partial charge on any atom is 0.251 e. The molecule has 1 rings (SSSR count). The fourth-order valence-electron chi connectivity index (χ4n) is 1.88.